The number of nitrogens with one attached hydrogen (secondary N) is 1. The Morgan fingerprint density at radius 1 is 1.38 bits per heavy atom. The van der Waals surface area contributed by atoms with E-state index in [1.54, 1.807) is 18.2 Å². The topological polar surface area (TPSA) is 66.4 Å². The van der Waals surface area contributed by atoms with E-state index in [0.29, 0.717) is 6.54 Å². The summed E-state index contributed by atoms with van der Waals surface area (Å²) in [6, 6.07) is 6.60. The summed E-state index contributed by atoms with van der Waals surface area (Å²) in [6.45, 7) is 0.399. The number of carbonyl (C=O) groups excluding carboxylic acids is 1. The summed E-state index contributed by atoms with van der Waals surface area (Å²) in [7, 11) is 0. The highest BCUT2D eigenvalue weighted by atomic mass is 16.4. The van der Waals surface area contributed by atoms with E-state index >= 15 is 0 Å². The fraction of sp³-hybridized carbons (Fsp3) is 0.333. The average Bonchev–Trinajstić information content (AvgIpc) is 3.10. The van der Waals surface area contributed by atoms with Crippen molar-refractivity contribution in [2.75, 3.05) is 0 Å². The summed E-state index contributed by atoms with van der Waals surface area (Å²) in [5.74, 6) is -0.696. The molecule has 1 fully saturated rings. The first-order chi connectivity index (χ1) is 7.66. The summed E-state index contributed by atoms with van der Waals surface area (Å²) in [6.07, 6.45) is 1.95. The maximum Gasteiger partial charge on any atom is 0.335 e. The Morgan fingerprint density at radius 2 is 2.12 bits per heavy atom. The van der Waals surface area contributed by atoms with Gasteiger partial charge in [0.2, 0.25) is 5.91 Å². The average molecular weight is 219 g/mol. The van der Waals surface area contributed by atoms with Gasteiger partial charge in [-0.15, -0.1) is 0 Å². The smallest absolute Gasteiger partial charge is 0.335 e. The molecule has 2 N–H and O–H groups in total. The second kappa shape index (κ2) is 4.35. The lowest BCUT2D eigenvalue weighted by Crippen LogP contribution is -2.24. The number of carboxylic acids is 1. The van der Waals surface area contributed by atoms with Crippen molar-refractivity contribution in [3.63, 3.8) is 0 Å². The zero-order valence-electron chi connectivity index (χ0n) is 8.77. The van der Waals surface area contributed by atoms with Crippen molar-refractivity contribution in [1.82, 2.24) is 5.32 Å². The van der Waals surface area contributed by atoms with Crippen LogP contribution in [0, 0.1) is 5.92 Å². The first kappa shape index (κ1) is 10.7. The molecule has 0 unspecified atom stereocenters. The molecule has 0 heterocycles. The zero-order chi connectivity index (χ0) is 11.5. The van der Waals surface area contributed by atoms with Crippen molar-refractivity contribution >= 4 is 11.9 Å². The first-order valence-corrected chi connectivity index (χ1v) is 5.27. The third-order valence-corrected chi connectivity index (χ3v) is 2.59. The van der Waals surface area contributed by atoms with Gasteiger partial charge in [0, 0.05) is 12.5 Å². The van der Waals surface area contributed by atoms with E-state index in [9.17, 15) is 9.59 Å². The molecule has 4 heteroatoms. The Hall–Kier alpha value is -1.84. The summed E-state index contributed by atoms with van der Waals surface area (Å²) in [5.41, 5.74) is 1.06. The number of amides is 1. The van der Waals surface area contributed by atoms with Crippen LogP contribution in [0.1, 0.15) is 28.8 Å². The fourth-order valence-corrected chi connectivity index (χ4v) is 1.49. The van der Waals surface area contributed by atoms with Gasteiger partial charge in [0.25, 0.3) is 0 Å². The van der Waals surface area contributed by atoms with E-state index in [-0.39, 0.29) is 17.4 Å². The lowest BCUT2D eigenvalue weighted by Gasteiger charge is -2.04. The van der Waals surface area contributed by atoms with Crippen molar-refractivity contribution in [3.8, 4) is 0 Å². The van der Waals surface area contributed by atoms with E-state index in [1.165, 1.54) is 6.07 Å². The number of hydrogen-bond donors (Lipinski definition) is 2. The van der Waals surface area contributed by atoms with E-state index in [1.807, 2.05) is 0 Å². The Balaban J connectivity index is 1.95. The molecule has 0 spiro atoms. The van der Waals surface area contributed by atoms with Crippen LogP contribution in [0.2, 0.25) is 0 Å². The maximum atomic E-state index is 11.4. The maximum absolute atomic E-state index is 11.4. The number of rotatable bonds is 4. The van der Waals surface area contributed by atoms with E-state index in [0.717, 1.165) is 18.4 Å². The van der Waals surface area contributed by atoms with Crippen LogP contribution in [0.3, 0.4) is 0 Å². The van der Waals surface area contributed by atoms with Crippen LogP contribution in [0.5, 0.6) is 0 Å². The third kappa shape index (κ3) is 2.59. The van der Waals surface area contributed by atoms with Gasteiger partial charge in [-0.25, -0.2) is 4.79 Å². The minimum Gasteiger partial charge on any atom is -0.478 e. The van der Waals surface area contributed by atoms with Crippen molar-refractivity contribution in [2.24, 2.45) is 5.92 Å². The molecule has 1 aromatic carbocycles. The zero-order valence-corrected chi connectivity index (χ0v) is 8.77. The van der Waals surface area contributed by atoms with Crippen LogP contribution < -0.4 is 5.32 Å². The molecule has 4 nitrogen and oxygen atoms in total. The molecule has 0 atom stereocenters. The van der Waals surface area contributed by atoms with Crippen LogP contribution in [0.25, 0.3) is 0 Å². The molecule has 1 aliphatic carbocycles. The highest BCUT2D eigenvalue weighted by Gasteiger charge is 2.29. The molecule has 16 heavy (non-hydrogen) atoms. The van der Waals surface area contributed by atoms with Gasteiger partial charge in [0.15, 0.2) is 0 Å². The summed E-state index contributed by atoms with van der Waals surface area (Å²) >= 11 is 0. The number of benzene rings is 1. The molecule has 84 valence electrons. The highest BCUT2D eigenvalue weighted by Crippen LogP contribution is 2.28. The van der Waals surface area contributed by atoms with Crippen molar-refractivity contribution in [2.45, 2.75) is 19.4 Å². The predicted octanol–water partition coefficient (Wildman–Crippen LogP) is 1.41. The van der Waals surface area contributed by atoms with Crippen LogP contribution in [-0.2, 0) is 11.3 Å². The van der Waals surface area contributed by atoms with Crippen LogP contribution in [0.15, 0.2) is 24.3 Å². The monoisotopic (exact) mass is 219 g/mol. The second-order valence-electron chi connectivity index (χ2n) is 4.00. The molecule has 1 saturated carbocycles. The van der Waals surface area contributed by atoms with E-state index in [2.05, 4.69) is 5.32 Å². The van der Waals surface area contributed by atoms with E-state index in [4.69, 9.17) is 5.11 Å². The highest BCUT2D eigenvalue weighted by molar-refractivity contribution is 5.87. The number of carboxylic acid groups (broad SMARTS) is 1. The molecular formula is C12H13NO3. The fourth-order valence-electron chi connectivity index (χ4n) is 1.49. The Kier molecular flexibility index (Phi) is 2.90. The van der Waals surface area contributed by atoms with Gasteiger partial charge in [-0.2, -0.15) is 0 Å². The number of hydrogen-bond acceptors (Lipinski definition) is 2. The minimum absolute atomic E-state index is 0.0701. The van der Waals surface area contributed by atoms with Crippen molar-refractivity contribution < 1.29 is 14.7 Å². The number of carbonyl (C=O) groups is 2. The van der Waals surface area contributed by atoms with Gasteiger partial charge < -0.3 is 10.4 Å². The van der Waals surface area contributed by atoms with Gasteiger partial charge >= 0.3 is 5.97 Å². The Morgan fingerprint density at radius 3 is 2.75 bits per heavy atom. The summed E-state index contributed by atoms with van der Waals surface area (Å²) in [5, 5.41) is 11.6. The third-order valence-electron chi connectivity index (χ3n) is 2.59. The quantitative estimate of drug-likeness (QED) is 0.804. The van der Waals surface area contributed by atoms with Gasteiger partial charge in [-0.05, 0) is 30.5 Å². The van der Waals surface area contributed by atoms with E-state index < -0.39 is 5.97 Å². The van der Waals surface area contributed by atoms with Gasteiger partial charge in [-0.1, -0.05) is 12.1 Å². The predicted molar refractivity (Wildman–Crippen MR) is 58.0 cm³/mol. The second-order valence-corrected chi connectivity index (χ2v) is 4.00. The van der Waals surface area contributed by atoms with Gasteiger partial charge in [0.05, 0.1) is 5.56 Å². The lowest BCUT2D eigenvalue weighted by molar-refractivity contribution is -0.122. The van der Waals surface area contributed by atoms with Gasteiger partial charge in [0.1, 0.15) is 0 Å². The lowest BCUT2D eigenvalue weighted by atomic mass is 10.1. The van der Waals surface area contributed by atoms with Crippen molar-refractivity contribution in [3.05, 3.63) is 35.4 Å². The minimum atomic E-state index is -0.949. The molecule has 2 rings (SSSR count). The number of aromatic carboxylic acids is 1. The molecule has 0 aromatic heterocycles. The normalized spacial score (nSPS) is 14.5. The molecule has 0 saturated heterocycles. The Labute approximate surface area is 93.3 Å². The first-order valence-electron chi connectivity index (χ1n) is 5.27. The SMILES string of the molecule is O=C(O)c1cccc(CNC(=O)C2CC2)c1. The van der Waals surface area contributed by atoms with Crippen LogP contribution in [0.4, 0.5) is 0 Å². The molecule has 0 radical (unpaired) electrons. The molecule has 1 aliphatic rings. The summed E-state index contributed by atoms with van der Waals surface area (Å²) in [4.78, 5) is 22.1. The molecular weight excluding hydrogens is 206 g/mol. The largest absolute Gasteiger partial charge is 0.478 e. The summed E-state index contributed by atoms with van der Waals surface area (Å²) < 4.78 is 0. The van der Waals surface area contributed by atoms with Crippen molar-refractivity contribution in [1.29, 1.82) is 0 Å². The standard InChI is InChI=1S/C12H13NO3/c14-11(9-4-5-9)13-7-8-2-1-3-10(6-8)12(15)16/h1-3,6,9H,4-5,7H2,(H,13,14)(H,15,16). The molecule has 0 bridgehead atoms. The Bertz CT molecular complexity index is 424. The molecule has 0 aliphatic heterocycles. The van der Waals surface area contributed by atoms with Crippen LogP contribution in [-0.4, -0.2) is 17.0 Å². The molecule has 1 aromatic rings. The molecule has 1 amide bonds. The van der Waals surface area contributed by atoms with Crippen LogP contribution >= 0.6 is 0 Å². The van der Waals surface area contributed by atoms with Gasteiger partial charge in [-0.3, -0.25) is 4.79 Å².